The van der Waals surface area contributed by atoms with Gasteiger partial charge in [0, 0.05) is 41.6 Å². The molecule has 0 radical (unpaired) electrons. The molecule has 0 aliphatic rings. The number of amides is 2. The summed E-state index contributed by atoms with van der Waals surface area (Å²) >= 11 is 12.9. The summed E-state index contributed by atoms with van der Waals surface area (Å²) in [5.74, 6) is -1.04. The van der Waals surface area contributed by atoms with Gasteiger partial charge in [0.05, 0.1) is 22.9 Å². The molecule has 0 aliphatic heterocycles. The van der Waals surface area contributed by atoms with Gasteiger partial charge >= 0.3 is 0 Å². The maximum absolute atomic E-state index is 12.8. The van der Waals surface area contributed by atoms with E-state index in [2.05, 4.69) is 10.3 Å². The minimum atomic E-state index is -0.688. The summed E-state index contributed by atoms with van der Waals surface area (Å²) < 4.78 is 4.97. The Bertz CT molecular complexity index is 1090. The number of pyridine rings is 1. The molecule has 8 heteroatoms. The Balaban J connectivity index is 2.17. The van der Waals surface area contributed by atoms with Crippen LogP contribution in [-0.4, -0.2) is 37.1 Å². The number of nitrogens with one attached hydrogen (secondary N) is 1. The summed E-state index contributed by atoms with van der Waals surface area (Å²) in [5.41, 5.74) is 8.20. The number of ether oxygens (including phenoxy) is 1. The highest BCUT2D eigenvalue weighted by Gasteiger charge is 2.21. The lowest BCUT2D eigenvalue weighted by Gasteiger charge is -2.16. The molecule has 3 aromatic rings. The van der Waals surface area contributed by atoms with Crippen molar-refractivity contribution < 1.29 is 14.3 Å². The Hall–Kier alpha value is -2.93. The van der Waals surface area contributed by atoms with Gasteiger partial charge in [0.15, 0.2) is 0 Å². The number of rotatable bonds is 7. The first-order valence-electron chi connectivity index (χ1n) is 9.04. The summed E-state index contributed by atoms with van der Waals surface area (Å²) in [6, 6.07) is 13.6. The van der Waals surface area contributed by atoms with Gasteiger partial charge in [-0.05, 0) is 42.0 Å². The van der Waals surface area contributed by atoms with Crippen molar-refractivity contribution in [2.24, 2.45) is 5.73 Å². The van der Waals surface area contributed by atoms with Crippen LogP contribution in [0.1, 0.15) is 20.7 Å². The second-order valence-corrected chi connectivity index (χ2v) is 7.16. The number of nitrogens with two attached hydrogens (primary N) is 1. The molecule has 0 aliphatic carbocycles. The number of benzene rings is 2. The van der Waals surface area contributed by atoms with Gasteiger partial charge in [-0.1, -0.05) is 35.3 Å². The molecule has 1 heterocycles. The Labute approximate surface area is 184 Å². The first-order chi connectivity index (χ1) is 14.4. The zero-order valence-electron chi connectivity index (χ0n) is 16.1. The van der Waals surface area contributed by atoms with E-state index in [1.165, 1.54) is 12.1 Å². The summed E-state index contributed by atoms with van der Waals surface area (Å²) in [6.07, 6.45) is 1.66. The van der Waals surface area contributed by atoms with Crippen LogP contribution in [0.5, 0.6) is 0 Å². The first-order valence-corrected chi connectivity index (χ1v) is 9.80. The predicted molar refractivity (Wildman–Crippen MR) is 118 cm³/mol. The van der Waals surface area contributed by atoms with Gasteiger partial charge in [-0.15, -0.1) is 0 Å². The summed E-state index contributed by atoms with van der Waals surface area (Å²) in [5, 5.41) is 3.35. The standard InChI is InChI=1S/C22H19Cl2N3O3/c1-30-11-10-27-22(29)14-6-7-15(21(25)28)20(24)19(14)13-5-8-17(23)16(12-13)18-4-2-3-9-26-18/h2-9,12H,10-11H2,1H3,(H2,25,28)(H,27,29). The molecule has 0 saturated carbocycles. The van der Waals surface area contributed by atoms with Crippen molar-refractivity contribution in [1.29, 1.82) is 0 Å². The van der Waals surface area contributed by atoms with Crippen LogP contribution in [0, 0.1) is 0 Å². The van der Waals surface area contributed by atoms with E-state index < -0.39 is 5.91 Å². The van der Waals surface area contributed by atoms with E-state index in [0.29, 0.717) is 46.1 Å². The van der Waals surface area contributed by atoms with Crippen molar-refractivity contribution in [2.45, 2.75) is 0 Å². The lowest BCUT2D eigenvalue weighted by Crippen LogP contribution is -2.27. The van der Waals surface area contributed by atoms with Crippen molar-refractivity contribution in [3.05, 3.63) is 75.9 Å². The fourth-order valence-corrected chi connectivity index (χ4v) is 3.58. The summed E-state index contributed by atoms with van der Waals surface area (Å²) in [7, 11) is 1.54. The third kappa shape index (κ3) is 4.62. The number of carbonyl (C=O) groups excluding carboxylic acids is 2. The minimum Gasteiger partial charge on any atom is -0.383 e. The van der Waals surface area contributed by atoms with E-state index in [0.717, 1.165) is 0 Å². The molecule has 0 atom stereocenters. The fourth-order valence-electron chi connectivity index (χ4n) is 3.00. The van der Waals surface area contributed by atoms with Crippen LogP contribution < -0.4 is 11.1 Å². The van der Waals surface area contributed by atoms with Crippen molar-refractivity contribution >= 4 is 35.0 Å². The average Bonchev–Trinajstić information content (AvgIpc) is 2.74. The molecule has 2 amide bonds. The Morgan fingerprint density at radius 3 is 2.53 bits per heavy atom. The van der Waals surface area contributed by atoms with Gasteiger partial charge < -0.3 is 15.8 Å². The highest BCUT2D eigenvalue weighted by molar-refractivity contribution is 6.37. The maximum Gasteiger partial charge on any atom is 0.252 e. The third-order valence-electron chi connectivity index (χ3n) is 4.44. The van der Waals surface area contributed by atoms with Crippen LogP contribution in [0.3, 0.4) is 0 Å². The van der Waals surface area contributed by atoms with Crippen LogP contribution in [0.25, 0.3) is 22.4 Å². The highest BCUT2D eigenvalue weighted by Crippen LogP contribution is 2.38. The Morgan fingerprint density at radius 1 is 1.10 bits per heavy atom. The van der Waals surface area contributed by atoms with Crippen LogP contribution in [-0.2, 0) is 4.74 Å². The largest absolute Gasteiger partial charge is 0.383 e. The molecule has 0 unspecified atom stereocenters. The maximum atomic E-state index is 12.8. The van der Waals surface area contributed by atoms with Gasteiger partial charge in [0.1, 0.15) is 0 Å². The molecule has 154 valence electrons. The third-order valence-corrected chi connectivity index (χ3v) is 5.16. The lowest BCUT2D eigenvalue weighted by molar-refractivity contribution is 0.0935. The van der Waals surface area contributed by atoms with Crippen molar-refractivity contribution in [1.82, 2.24) is 10.3 Å². The quantitative estimate of drug-likeness (QED) is 0.534. The SMILES string of the molecule is COCCNC(=O)c1ccc(C(N)=O)c(Cl)c1-c1ccc(Cl)c(-c2ccccn2)c1. The smallest absolute Gasteiger partial charge is 0.252 e. The zero-order chi connectivity index (χ0) is 21.7. The Morgan fingerprint density at radius 2 is 1.87 bits per heavy atom. The number of primary amides is 1. The number of carbonyl (C=O) groups is 2. The summed E-state index contributed by atoms with van der Waals surface area (Å²) in [6.45, 7) is 0.683. The van der Waals surface area contributed by atoms with Crippen molar-refractivity contribution in [2.75, 3.05) is 20.3 Å². The van der Waals surface area contributed by atoms with Crippen molar-refractivity contribution in [3.8, 4) is 22.4 Å². The normalized spacial score (nSPS) is 10.6. The molecule has 0 saturated heterocycles. The molecule has 2 aromatic carbocycles. The second-order valence-electron chi connectivity index (χ2n) is 6.37. The second kappa shape index (κ2) is 9.71. The fraction of sp³-hybridized carbons (Fsp3) is 0.136. The van der Waals surface area contributed by atoms with E-state index in [1.54, 1.807) is 37.6 Å². The van der Waals surface area contributed by atoms with Gasteiger partial charge in [-0.25, -0.2) is 0 Å². The number of methoxy groups -OCH3 is 1. The molecule has 1 aromatic heterocycles. The molecular weight excluding hydrogens is 425 g/mol. The van der Waals surface area contributed by atoms with Gasteiger partial charge in [0.25, 0.3) is 5.91 Å². The van der Waals surface area contributed by atoms with Gasteiger partial charge in [0.2, 0.25) is 5.91 Å². The van der Waals surface area contributed by atoms with Crippen LogP contribution >= 0.6 is 23.2 Å². The first kappa shape index (κ1) is 21.8. The molecule has 6 nitrogen and oxygen atoms in total. The molecule has 0 spiro atoms. The van der Waals surface area contributed by atoms with E-state index in [-0.39, 0.29) is 16.5 Å². The molecular formula is C22H19Cl2N3O3. The molecule has 3 N–H and O–H groups in total. The van der Waals surface area contributed by atoms with Crippen LogP contribution in [0.4, 0.5) is 0 Å². The number of hydrogen-bond donors (Lipinski definition) is 2. The van der Waals surface area contributed by atoms with Crippen LogP contribution in [0.15, 0.2) is 54.7 Å². The lowest BCUT2D eigenvalue weighted by atomic mass is 9.94. The molecule has 0 fully saturated rings. The average molecular weight is 444 g/mol. The Kier molecular flexibility index (Phi) is 7.05. The predicted octanol–water partition coefficient (Wildman–Crippen LogP) is 4.20. The van der Waals surface area contributed by atoms with Crippen molar-refractivity contribution in [3.63, 3.8) is 0 Å². The number of halogens is 2. The van der Waals surface area contributed by atoms with E-state index in [4.69, 9.17) is 33.7 Å². The zero-order valence-corrected chi connectivity index (χ0v) is 17.6. The van der Waals surface area contributed by atoms with E-state index in [1.807, 2.05) is 12.1 Å². The molecule has 30 heavy (non-hydrogen) atoms. The van der Waals surface area contributed by atoms with E-state index >= 15 is 0 Å². The van der Waals surface area contributed by atoms with E-state index in [9.17, 15) is 9.59 Å². The topological polar surface area (TPSA) is 94.3 Å². The summed E-state index contributed by atoms with van der Waals surface area (Å²) in [4.78, 5) is 29.0. The number of nitrogens with zero attached hydrogens (tertiary/aromatic N) is 1. The monoisotopic (exact) mass is 443 g/mol. The minimum absolute atomic E-state index is 0.0937. The van der Waals surface area contributed by atoms with Gasteiger partial charge in [-0.2, -0.15) is 0 Å². The molecule has 0 bridgehead atoms. The number of hydrogen-bond acceptors (Lipinski definition) is 4. The van der Waals surface area contributed by atoms with Gasteiger partial charge in [-0.3, -0.25) is 14.6 Å². The molecule has 3 rings (SSSR count). The number of aromatic nitrogens is 1. The van der Waals surface area contributed by atoms with Crippen LogP contribution in [0.2, 0.25) is 10.0 Å². The highest BCUT2D eigenvalue weighted by atomic mass is 35.5.